The molecule has 0 N–H and O–H groups in total. The molecule has 1 atom stereocenters. The van der Waals surface area contributed by atoms with Crippen molar-refractivity contribution in [2.24, 2.45) is 0 Å². The summed E-state index contributed by atoms with van der Waals surface area (Å²) in [6.45, 7) is 4.49. The van der Waals surface area contributed by atoms with E-state index in [2.05, 4.69) is 9.88 Å². The van der Waals surface area contributed by atoms with E-state index in [0.717, 1.165) is 50.9 Å². The Morgan fingerprint density at radius 3 is 2.61 bits per heavy atom. The molecule has 3 aromatic rings. The molecule has 8 heteroatoms. The number of morpholine rings is 1. The predicted octanol–water partition coefficient (Wildman–Crippen LogP) is 2.59. The highest BCUT2D eigenvalue weighted by Gasteiger charge is 2.42. The van der Waals surface area contributed by atoms with Crippen molar-refractivity contribution in [3.8, 4) is 0 Å². The average molecular weight is 423 g/mol. The molecule has 2 aliphatic heterocycles. The van der Waals surface area contributed by atoms with Gasteiger partial charge in [0, 0.05) is 38.6 Å². The van der Waals surface area contributed by atoms with Crippen LogP contribution in [-0.4, -0.2) is 60.1 Å². The zero-order chi connectivity index (χ0) is 21.4. The number of nitrogens with zero attached hydrogens (tertiary/aromatic N) is 3. The Balaban J connectivity index is 1.52. The van der Waals surface area contributed by atoms with Crippen LogP contribution in [0.25, 0.3) is 11.0 Å². The zero-order valence-electron chi connectivity index (χ0n) is 16.9. The van der Waals surface area contributed by atoms with Crippen LogP contribution in [-0.2, 0) is 4.74 Å². The van der Waals surface area contributed by atoms with Gasteiger partial charge in [0.25, 0.3) is 5.91 Å². The molecule has 2 aromatic heterocycles. The second-order valence-corrected chi connectivity index (χ2v) is 7.80. The molecule has 0 bridgehead atoms. The van der Waals surface area contributed by atoms with E-state index >= 15 is 0 Å². The molecule has 1 aromatic carbocycles. The Bertz CT molecular complexity index is 1170. The Morgan fingerprint density at radius 2 is 1.84 bits per heavy atom. The third-order valence-electron chi connectivity index (χ3n) is 5.93. The molecule has 0 saturated carbocycles. The number of amides is 1. The summed E-state index contributed by atoms with van der Waals surface area (Å²) in [6.07, 6.45) is 4.02. The van der Waals surface area contributed by atoms with E-state index in [1.54, 1.807) is 29.4 Å². The molecule has 1 fully saturated rings. The molecular weight excluding hydrogens is 401 g/mol. The fourth-order valence-electron chi connectivity index (χ4n) is 4.40. The normalized spacial score (nSPS) is 19.2. The summed E-state index contributed by atoms with van der Waals surface area (Å²) < 4.78 is 25.0. The SMILES string of the molecule is O=C1c2oc3ccc(F)cc3c(=O)c2[C@@H](c2ccncc2)N1CCCN1CCOCC1. The molecule has 1 saturated heterocycles. The largest absolute Gasteiger partial charge is 0.450 e. The number of carbonyl (C=O) groups excluding carboxylic acids is 1. The van der Waals surface area contributed by atoms with E-state index in [1.165, 1.54) is 12.1 Å². The number of hydrogen-bond acceptors (Lipinski definition) is 6. The van der Waals surface area contributed by atoms with Crippen LogP contribution in [0.5, 0.6) is 0 Å². The molecule has 0 unspecified atom stereocenters. The molecule has 31 heavy (non-hydrogen) atoms. The molecule has 4 heterocycles. The first kappa shape index (κ1) is 19.8. The minimum absolute atomic E-state index is 0.0392. The van der Waals surface area contributed by atoms with Crippen molar-refractivity contribution in [3.05, 3.63) is 75.7 Å². The number of halogens is 1. The van der Waals surface area contributed by atoms with Crippen LogP contribution in [0, 0.1) is 5.82 Å². The van der Waals surface area contributed by atoms with Crippen LogP contribution in [0.4, 0.5) is 4.39 Å². The monoisotopic (exact) mass is 423 g/mol. The number of ether oxygens (including phenoxy) is 1. The van der Waals surface area contributed by atoms with Gasteiger partial charge in [0.2, 0.25) is 5.76 Å². The van der Waals surface area contributed by atoms with Gasteiger partial charge in [-0.1, -0.05) is 0 Å². The molecular formula is C23H22FN3O4. The van der Waals surface area contributed by atoms with Crippen molar-refractivity contribution < 1.29 is 18.3 Å². The van der Waals surface area contributed by atoms with Crippen molar-refractivity contribution in [1.29, 1.82) is 0 Å². The quantitative estimate of drug-likeness (QED) is 0.628. The fourth-order valence-corrected chi connectivity index (χ4v) is 4.40. The van der Waals surface area contributed by atoms with E-state index in [-0.39, 0.29) is 33.6 Å². The van der Waals surface area contributed by atoms with Crippen molar-refractivity contribution in [2.45, 2.75) is 12.5 Å². The summed E-state index contributed by atoms with van der Waals surface area (Å²) in [5.41, 5.74) is 0.876. The zero-order valence-corrected chi connectivity index (χ0v) is 16.9. The summed E-state index contributed by atoms with van der Waals surface area (Å²) in [6, 6.07) is 6.77. The Hall–Kier alpha value is -3.10. The van der Waals surface area contributed by atoms with E-state index in [0.29, 0.717) is 6.54 Å². The molecule has 7 nitrogen and oxygen atoms in total. The van der Waals surface area contributed by atoms with Crippen molar-refractivity contribution in [3.63, 3.8) is 0 Å². The summed E-state index contributed by atoms with van der Waals surface area (Å²) in [5.74, 6) is -0.800. The Morgan fingerprint density at radius 1 is 1.06 bits per heavy atom. The van der Waals surface area contributed by atoms with Crippen LogP contribution < -0.4 is 5.43 Å². The lowest BCUT2D eigenvalue weighted by Gasteiger charge is -2.29. The van der Waals surface area contributed by atoms with Crippen LogP contribution in [0.2, 0.25) is 0 Å². The number of benzene rings is 1. The van der Waals surface area contributed by atoms with E-state index < -0.39 is 11.9 Å². The summed E-state index contributed by atoms with van der Waals surface area (Å²) in [4.78, 5) is 34.7. The molecule has 2 aliphatic rings. The Labute approximate surface area is 178 Å². The van der Waals surface area contributed by atoms with Gasteiger partial charge in [0.05, 0.1) is 30.2 Å². The number of pyridine rings is 1. The average Bonchev–Trinajstić information content (AvgIpc) is 3.08. The first-order chi connectivity index (χ1) is 15.1. The number of fused-ring (bicyclic) bond motifs is 2. The first-order valence-electron chi connectivity index (χ1n) is 10.4. The van der Waals surface area contributed by atoms with Crippen molar-refractivity contribution in [2.75, 3.05) is 39.4 Å². The van der Waals surface area contributed by atoms with Gasteiger partial charge >= 0.3 is 0 Å². The minimum atomic E-state index is -0.584. The highest BCUT2D eigenvalue weighted by molar-refractivity contribution is 5.99. The van der Waals surface area contributed by atoms with Crippen molar-refractivity contribution in [1.82, 2.24) is 14.8 Å². The second-order valence-electron chi connectivity index (χ2n) is 7.80. The third-order valence-corrected chi connectivity index (χ3v) is 5.93. The van der Waals surface area contributed by atoms with Crippen LogP contribution in [0.15, 0.2) is 51.9 Å². The number of carbonyl (C=O) groups is 1. The molecule has 1 amide bonds. The molecule has 5 rings (SSSR count). The van der Waals surface area contributed by atoms with Gasteiger partial charge < -0.3 is 14.1 Å². The van der Waals surface area contributed by atoms with E-state index in [9.17, 15) is 14.0 Å². The van der Waals surface area contributed by atoms with Crippen LogP contribution >= 0.6 is 0 Å². The van der Waals surface area contributed by atoms with Crippen LogP contribution in [0.1, 0.15) is 34.1 Å². The lowest BCUT2D eigenvalue weighted by Crippen LogP contribution is -2.38. The smallest absolute Gasteiger partial charge is 0.290 e. The lowest BCUT2D eigenvalue weighted by atomic mass is 9.99. The van der Waals surface area contributed by atoms with Crippen LogP contribution in [0.3, 0.4) is 0 Å². The van der Waals surface area contributed by atoms with Gasteiger partial charge in [0.1, 0.15) is 11.4 Å². The topological polar surface area (TPSA) is 75.9 Å². The number of rotatable bonds is 5. The van der Waals surface area contributed by atoms with Gasteiger partial charge in [0.15, 0.2) is 5.43 Å². The second kappa shape index (κ2) is 8.20. The van der Waals surface area contributed by atoms with Gasteiger partial charge in [-0.05, 0) is 42.3 Å². The number of hydrogen-bond donors (Lipinski definition) is 0. The maximum atomic E-state index is 13.8. The number of aromatic nitrogens is 1. The van der Waals surface area contributed by atoms with E-state index in [4.69, 9.17) is 9.15 Å². The summed E-state index contributed by atoms with van der Waals surface area (Å²) >= 11 is 0. The molecule has 0 radical (unpaired) electrons. The van der Waals surface area contributed by atoms with Gasteiger partial charge in [-0.15, -0.1) is 0 Å². The maximum absolute atomic E-state index is 13.8. The van der Waals surface area contributed by atoms with Crippen molar-refractivity contribution >= 4 is 16.9 Å². The first-order valence-corrected chi connectivity index (χ1v) is 10.4. The van der Waals surface area contributed by atoms with Gasteiger partial charge in [-0.2, -0.15) is 0 Å². The molecule has 160 valence electrons. The lowest BCUT2D eigenvalue weighted by molar-refractivity contribution is 0.0353. The maximum Gasteiger partial charge on any atom is 0.290 e. The van der Waals surface area contributed by atoms with Gasteiger partial charge in [-0.25, -0.2) is 4.39 Å². The highest BCUT2D eigenvalue weighted by Crippen LogP contribution is 2.38. The van der Waals surface area contributed by atoms with Gasteiger partial charge in [-0.3, -0.25) is 19.5 Å². The molecule has 0 aliphatic carbocycles. The highest BCUT2D eigenvalue weighted by atomic mass is 19.1. The predicted molar refractivity (Wildman–Crippen MR) is 111 cm³/mol. The third kappa shape index (κ3) is 3.62. The summed E-state index contributed by atoms with van der Waals surface area (Å²) in [7, 11) is 0. The minimum Gasteiger partial charge on any atom is -0.450 e. The fraction of sp³-hybridized carbons (Fsp3) is 0.348. The Kier molecular flexibility index (Phi) is 5.25. The van der Waals surface area contributed by atoms with E-state index in [1.807, 2.05) is 0 Å². The standard InChI is InChI=1S/C23H22FN3O4/c24-16-2-3-18-17(14-16)21(28)19-20(15-4-6-25-7-5-15)27(23(29)22(19)31-18)9-1-8-26-10-12-30-13-11-26/h2-7,14,20H,1,8-13H2/t20-/m1/s1. The summed E-state index contributed by atoms with van der Waals surface area (Å²) in [5, 5.41) is 0.140. The molecule has 0 spiro atoms.